The third-order valence-corrected chi connectivity index (χ3v) is 5.06. The van der Waals surface area contributed by atoms with E-state index in [1.54, 1.807) is 0 Å². The van der Waals surface area contributed by atoms with E-state index >= 15 is 0 Å². The fourth-order valence-corrected chi connectivity index (χ4v) is 3.25. The molecule has 0 radical (unpaired) electrons. The molecule has 0 saturated carbocycles. The van der Waals surface area contributed by atoms with Gasteiger partial charge in [0, 0.05) is 5.54 Å². The van der Waals surface area contributed by atoms with Gasteiger partial charge in [-0.2, -0.15) is 0 Å². The highest BCUT2D eigenvalue weighted by molar-refractivity contribution is 4.92. The summed E-state index contributed by atoms with van der Waals surface area (Å²) in [6, 6.07) is 0. The van der Waals surface area contributed by atoms with E-state index in [2.05, 4.69) is 67.2 Å². The summed E-state index contributed by atoms with van der Waals surface area (Å²) in [6.07, 6.45) is 2.87. The Hall–Kier alpha value is -0.0800. The van der Waals surface area contributed by atoms with Gasteiger partial charge < -0.3 is 4.74 Å². The van der Waals surface area contributed by atoms with E-state index in [1.807, 2.05) is 0 Å². The lowest BCUT2D eigenvalue weighted by Gasteiger charge is -2.49. The van der Waals surface area contributed by atoms with E-state index < -0.39 is 0 Å². The van der Waals surface area contributed by atoms with Gasteiger partial charge in [-0.1, -0.05) is 20.8 Å². The summed E-state index contributed by atoms with van der Waals surface area (Å²) in [5.74, 6) is 0.855. The van der Waals surface area contributed by atoms with Gasteiger partial charge in [0.25, 0.3) is 0 Å². The molecule has 120 valence electrons. The molecule has 1 saturated heterocycles. The molecule has 1 aliphatic rings. The van der Waals surface area contributed by atoms with Crippen LogP contribution in [0.1, 0.15) is 75.2 Å². The first-order valence-electron chi connectivity index (χ1n) is 8.27. The van der Waals surface area contributed by atoms with Gasteiger partial charge in [-0.25, -0.2) is 0 Å². The van der Waals surface area contributed by atoms with Crippen LogP contribution in [0.5, 0.6) is 0 Å². The second-order valence-corrected chi connectivity index (χ2v) is 9.15. The van der Waals surface area contributed by atoms with Gasteiger partial charge in [0.15, 0.2) is 0 Å². The van der Waals surface area contributed by atoms with Crippen LogP contribution in [0.15, 0.2) is 0 Å². The van der Waals surface area contributed by atoms with Crippen LogP contribution in [0, 0.1) is 11.3 Å². The predicted octanol–water partition coefficient (Wildman–Crippen LogP) is 4.73. The number of nitrogens with zero attached hydrogens (tertiary/aromatic N) is 1. The van der Waals surface area contributed by atoms with Gasteiger partial charge in [0.1, 0.15) is 0 Å². The molecular weight excluding hydrogens is 246 g/mol. The van der Waals surface area contributed by atoms with E-state index in [9.17, 15) is 0 Å². The van der Waals surface area contributed by atoms with Crippen molar-refractivity contribution in [3.05, 3.63) is 0 Å². The maximum absolute atomic E-state index is 6.21. The first-order chi connectivity index (χ1) is 8.84. The Kier molecular flexibility index (Phi) is 5.36. The fourth-order valence-electron chi connectivity index (χ4n) is 3.25. The first-order valence-corrected chi connectivity index (χ1v) is 8.27. The van der Waals surface area contributed by atoms with Crippen molar-refractivity contribution < 1.29 is 4.74 Å². The van der Waals surface area contributed by atoms with Crippen molar-refractivity contribution in [2.75, 3.05) is 13.1 Å². The maximum Gasteiger partial charge on any atom is 0.0732 e. The zero-order valence-corrected chi connectivity index (χ0v) is 15.3. The number of hydrogen-bond donors (Lipinski definition) is 0. The quantitative estimate of drug-likeness (QED) is 0.742. The summed E-state index contributed by atoms with van der Waals surface area (Å²) in [4.78, 5) is 2.63. The van der Waals surface area contributed by atoms with Crippen molar-refractivity contribution in [3.63, 3.8) is 0 Å². The summed E-state index contributed by atoms with van der Waals surface area (Å²) in [5, 5.41) is 0. The lowest BCUT2D eigenvalue weighted by molar-refractivity contribution is -0.121. The lowest BCUT2D eigenvalue weighted by atomic mass is 9.74. The smallest absolute Gasteiger partial charge is 0.0732 e. The highest BCUT2D eigenvalue weighted by atomic mass is 16.5. The monoisotopic (exact) mass is 283 g/mol. The van der Waals surface area contributed by atoms with Crippen molar-refractivity contribution in [1.82, 2.24) is 4.90 Å². The van der Waals surface area contributed by atoms with Gasteiger partial charge >= 0.3 is 0 Å². The highest BCUT2D eigenvalue weighted by Crippen LogP contribution is 2.37. The SMILES string of the molecule is CC(OC(C)(C)C)C(C)(C)N1CCC(C(C)(C)C)CC1. The molecule has 1 heterocycles. The molecule has 1 aliphatic heterocycles. The number of ether oxygens (including phenoxy) is 1. The average Bonchev–Trinajstić information content (AvgIpc) is 2.25. The van der Waals surface area contributed by atoms with Gasteiger partial charge in [0.05, 0.1) is 11.7 Å². The molecule has 1 unspecified atom stereocenters. The highest BCUT2D eigenvalue weighted by Gasteiger charge is 2.39. The molecule has 0 aromatic heterocycles. The third kappa shape index (κ3) is 4.73. The molecule has 0 aliphatic carbocycles. The van der Waals surface area contributed by atoms with Crippen LogP contribution in [0.4, 0.5) is 0 Å². The molecule has 1 atom stereocenters. The molecule has 0 amide bonds. The number of hydrogen-bond acceptors (Lipinski definition) is 2. The van der Waals surface area contributed by atoms with Crippen LogP contribution >= 0.6 is 0 Å². The van der Waals surface area contributed by atoms with Crippen LogP contribution in [-0.4, -0.2) is 35.2 Å². The Labute approximate surface area is 127 Å². The minimum Gasteiger partial charge on any atom is -0.371 e. The van der Waals surface area contributed by atoms with Crippen molar-refractivity contribution in [1.29, 1.82) is 0 Å². The van der Waals surface area contributed by atoms with Crippen LogP contribution in [0.2, 0.25) is 0 Å². The summed E-state index contributed by atoms with van der Waals surface area (Å²) >= 11 is 0. The molecule has 0 N–H and O–H groups in total. The summed E-state index contributed by atoms with van der Waals surface area (Å²) < 4.78 is 6.21. The van der Waals surface area contributed by atoms with E-state index in [0.29, 0.717) is 5.41 Å². The molecule has 1 fully saturated rings. The van der Waals surface area contributed by atoms with Crippen LogP contribution in [0.3, 0.4) is 0 Å². The van der Waals surface area contributed by atoms with Crippen molar-refractivity contribution in [3.8, 4) is 0 Å². The van der Waals surface area contributed by atoms with Gasteiger partial charge in [-0.15, -0.1) is 0 Å². The largest absolute Gasteiger partial charge is 0.371 e. The minimum absolute atomic E-state index is 0.0690. The topological polar surface area (TPSA) is 12.5 Å². The molecule has 20 heavy (non-hydrogen) atoms. The lowest BCUT2D eigenvalue weighted by Crippen LogP contribution is -2.56. The van der Waals surface area contributed by atoms with E-state index in [-0.39, 0.29) is 17.2 Å². The molecule has 0 aromatic carbocycles. The molecule has 0 aromatic rings. The maximum atomic E-state index is 6.21. The van der Waals surface area contributed by atoms with Crippen LogP contribution in [-0.2, 0) is 4.74 Å². The minimum atomic E-state index is -0.0690. The summed E-state index contributed by atoms with van der Waals surface area (Å²) in [6.45, 7) is 22.9. The van der Waals surface area contributed by atoms with Gasteiger partial charge in [-0.05, 0) is 78.8 Å². The summed E-state index contributed by atoms with van der Waals surface area (Å²) in [5.41, 5.74) is 0.486. The Morgan fingerprint density at radius 2 is 1.35 bits per heavy atom. The van der Waals surface area contributed by atoms with Crippen LogP contribution < -0.4 is 0 Å². The molecule has 0 spiro atoms. The van der Waals surface area contributed by atoms with E-state index in [1.165, 1.54) is 25.9 Å². The summed E-state index contributed by atoms with van der Waals surface area (Å²) in [7, 11) is 0. The Balaban J connectivity index is 2.62. The average molecular weight is 284 g/mol. The van der Waals surface area contributed by atoms with Gasteiger partial charge in [-0.3, -0.25) is 4.90 Å². The van der Waals surface area contributed by atoms with E-state index in [4.69, 9.17) is 4.74 Å². The molecule has 2 heteroatoms. The van der Waals surface area contributed by atoms with Crippen LogP contribution in [0.25, 0.3) is 0 Å². The third-order valence-electron chi connectivity index (χ3n) is 5.06. The Morgan fingerprint density at radius 3 is 1.70 bits per heavy atom. The second-order valence-electron chi connectivity index (χ2n) is 9.15. The molecule has 1 rings (SSSR count). The standard InChI is InChI=1S/C18H37NO/c1-14(20-17(5,6)7)18(8,9)19-12-10-15(11-13-19)16(2,3)4/h14-15H,10-13H2,1-9H3. The second kappa shape index (κ2) is 5.96. The number of likely N-dealkylation sites (tertiary alicyclic amines) is 1. The Morgan fingerprint density at radius 1 is 0.900 bits per heavy atom. The van der Waals surface area contributed by atoms with Crippen molar-refractivity contribution >= 4 is 0 Å². The zero-order chi connectivity index (χ0) is 15.8. The van der Waals surface area contributed by atoms with Crippen molar-refractivity contribution in [2.45, 2.75) is 92.4 Å². The van der Waals surface area contributed by atoms with E-state index in [0.717, 1.165) is 5.92 Å². The molecular formula is C18H37NO. The number of piperidine rings is 1. The fraction of sp³-hybridized carbons (Fsp3) is 1.00. The first kappa shape index (κ1) is 18.0. The predicted molar refractivity (Wildman–Crippen MR) is 88.1 cm³/mol. The molecule has 2 nitrogen and oxygen atoms in total. The van der Waals surface area contributed by atoms with Crippen molar-refractivity contribution in [2.24, 2.45) is 11.3 Å². The van der Waals surface area contributed by atoms with Gasteiger partial charge in [0.2, 0.25) is 0 Å². The zero-order valence-electron chi connectivity index (χ0n) is 15.3. The number of rotatable bonds is 3. The normalized spacial score (nSPS) is 22.1. The molecule has 0 bridgehead atoms. The Bertz CT molecular complexity index is 300.